The Morgan fingerprint density at radius 2 is 1.25 bits per heavy atom. The van der Waals surface area contributed by atoms with Crippen molar-refractivity contribution in [1.82, 2.24) is 0 Å². The zero-order chi connectivity index (χ0) is 17.9. The Bertz CT molecular complexity index is 642. The molecule has 0 aromatic heterocycles. The van der Waals surface area contributed by atoms with Crippen molar-refractivity contribution in [1.29, 1.82) is 0 Å². The third-order valence-corrected chi connectivity index (χ3v) is 13.5. The normalized spacial score (nSPS) is 70.2. The average Bonchev–Trinajstić information content (AvgIpc) is 2.70. The van der Waals surface area contributed by atoms with Crippen molar-refractivity contribution in [3.05, 3.63) is 0 Å². The van der Waals surface area contributed by atoms with Crippen molar-refractivity contribution < 1.29 is 0 Å². The molecule has 0 nitrogen and oxygen atoms in total. The Labute approximate surface area is 150 Å². The highest BCUT2D eigenvalue weighted by molar-refractivity contribution is 5.38. The summed E-state index contributed by atoms with van der Waals surface area (Å²) in [6.07, 6.45) is 3.02. The lowest BCUT2D eigenvalue weighted by Crippen LogP contribution is -2.84. The first-order valence-corrected chi connectivity index (χ1v) is 10.8. The van der Waals surface area contributed by atoms with E-state index in [2.05, 4.69) is 69.2 Å². The second-order valence-corrected chi connectivity index (χ2v) is 12.8. The van der Waals surface area contributed by atoms with E-state index in [9.17, 15) is 0 Å². The van der Waals surface area contributed by atoms with Crippen LogP contribution in [0.4, 0.5) is 0 Å². The summed E-state index contributed by atoms with van der Waals surface area (Å²) in [7, 11) is 0. The van der Waals surface area contributed by atoms with E-state index < -0.39 is 0 Å². The smallest absolute Gasteiger partial charge is 0.0171 e. The van der Waals surface area contributed by atoms with E-state index in [1.807, 2.05) is 0 Å². The molecule has 0 aliphatic heterocycles. The van der Waals surface area contributed by atoms with Gasteiger partial charge in [-0.15, -0.1) is 0 Å². The van der Waals surface area contributed by atoms with Crippen LogP contribution >= 0.6 is 0 Å². The highest BCUT2D eigenvalue weighted by Gasteiger charge is 2.91. The van der Waals surface area contributed by atoms with Gasteiger partial charge in [0.1, 0.15) is 0 Å². The van der Waals surface area contributed by atoms with Crippen LogP contribution in [0.25, 0.3) is 0 Å². The molecule has 0 spiro atoms. The molecule has 0 amide bonds. The molecular weight excluding hydrogens is 288 g/mol. The fraction of sp³-hybridized carbons (Fsp3) is 1.00. The minimum absolute atomic E-state index is 0.398. The van der Waals surface area contributed by atoms with Gasteiger partial charge in [0.05, 0.1) is 0 Å². The lowest BCUT2D eigenvalue weighted by atomic mass is 9.15. The molecule has 0 N–H and O–H groups in total. The van der Waals surface area contributed by atoms with Gasteiger partial charge in [-0.05, 0) is 80.8 Å². The molecule has 5 rings (SSSR count). The van der Waals surface area contributed by atoms with Crippen LogP contribution in [0.15, 0.2) is 0 Å². The molecule has 0 aromatic carbocycles. The van der Waals surface area contributed by atoms with Crippen LogP contribution in [-0.4, -0.2) is 0 Å². The quantitative estimate of drug-likeness (QED) is 0.467. The Morgan fingerprint density at radius 1 is 0.667 bits per heavy atom. The topological polar surface area (TPSA) is 0 Å². The lowest BCUT2D eigenvalue weighted by Gasteiger charge is -2.88. The van der Waals surface area contributed by atoms with Gasteiger partial charge in [0.2, 0.25) is 0 Å². The van der Waals surface area contributed by atoms with Crippen LogP contribution in [0.2, 0.25) is 0 Å². The van der Waals surface area contributed by atoms with E-state index >= 15 is 0 Å². The molecule has 0 heterocycles. The first-order chi connectivity index (χ1) is 10.8. The van der Waals surface area contributed by atoms with E-state index in [1.54, 1.807) is 6.42 Å². The van der Waals surface area contributed by atoms with Crippen LogP contribution in [0, 0.1) is 68.0 Å². The van der Waals surface area contributed by atoms with E-state index in [1.165, 1.54) is 6.42 Å². The minimum Gasteiger partial charge on any atom is -0.0617 e. The van der Waals surface area contributed by atoms with Gasteiger partial charge >= 0.3 is 0 Å². The van der Waals surface area contributed by atoms with Crippen molar-refractivity contribution >= 4 is 0 Å². The molecule has 2 bridgehead atoms. The monoisotopic (exact) mass is 328 g/mol. The minimum atomic E-state index is 0.398. The largest absolute Gasteiger partial charge is 0.0617 e. The van der Waals surface area contributed by atoms with Gasteiger partial charge in [-0.3, -0.25) is 0 Å². The highest BCUT2D eigenvalue weighted by Crippen LogP contribution is 2.96. The molecule has 5 aliphatic rings. The second-order valence-electron chi connectivity index (χ2n) is 12.8. The molecule has 0 heteroatoms. The molecule has 0 saturated heterocycles. The summed E-state index contributed by atoms with van der Waals surface area (Å²) >= 11 is 0. The maximum atomic E-state index is 2.73. The summed E-state index contributed by atoms with van der Waals surface area (Å²) in [5.41, 5.74) is 2.93. The van der Waals surface area contributed by atoms with Gasteiger partial charge in [-0.1, -0.05) is 69.2 Å². The van der Waals surface area contributed by atoms with E-state index in [4.69, 9.17) is 0 Å². The van der Waals surface area contributed by atoms with Gasteiger partial charge in [-0.2, -0.15) is 0 Å². The predicted octanol–water partition coefficient (Wildman–Crippen LogP) is 6.65. The van der Waals surface area contributed by atoms with Gasteiger partial charge in [0, 0.05) is 0 Å². The van der Waals surface area contributed by atoms with Gasteiger partial charge in [0.15, 0.2) is 0 Å². The van der Waals surface area contributed by atoms with Crippen LogP contribution < -0.4 is 0 Å². The maximum Gasteiger partial charge on any atom is -0.0171 e. The van der Waals surface area contributed by atoms with E-state index in [-0.39, 0.29) is 0 Å². The standard InChI is InChI=1S/C24H40/c1-13-17-15-11-16-18-14(2)22(8,24(18,10)21(13,16)7)20(5,6)23(17,9)19(3,4)12-15/h13-18H,11-12H2,1-10H3. The summed E-state index contributed by atoms with van der Waals surface area (Å²) in [4.78, 5) is 0. The van der Waals surface area contributed by atoms with Crippen molar-refractivity contribution in [3.63, 3.8) is 0 Å². The SMILES string of the molecule is CC1C2C3CC4C5C(C)C(C)(C(C)(C)C2(C)C(C)(C)C3)C5(C)C14C. The Kier molecular flexibility index (Phi) is 2.40. The number of rotatable bonds is 0. The molecule has 10 unspecified atom stereocenters. The molecule has 5 fully saturated rings. The van der Waals surface area contributed by atoms with Crippen molar-refractivity contribution in [2.75, 3.05) is 0 Å². The molecule has 0 aromatic rings. The van der Waals surface area contributed by atoms with Gasteiger partial charge in [0.25, 0.3) is 0 Å². The Hall–Kier alpha value is 0. The molecule has 5 aliphatic carbocycles. The summed E-state index contributed by atoms with van der Waals surface area (Å²) in [6, 6.07) is 0. The van der Waals surface area contributed by atoms with Gasteiger partial charge < -0.3 is 0 Å². The third-order valence-electron chi connectivity index (χ3n) is 13.5. The summed E-state index contributed by atoms with van der Waals surface area (Å²) < 4.78 is 0. The summed E-state index contributed by atoms with van der Waals surface area (Å²) in [5, 5.41) is 0. The second kappa shape index (κ2) is 3.55. The fourth-order valence-corrected chi connectivity index (χ4v) is 11.9. The van der Waals surface area contributed by atoms with E-state index in [0.29, 0.717) is 32.5 Å². The summed E-state index contributed by atoms with van der Waals surface area (Å²) in [6.45, 7) is 26.8. The zero-order valence-corrected chi connectivity index (χ0v) is 17.9. The highest BCUT2D eigenvalue weighted by atomic mass is 15.0. The van der Waals surface area contributed by atoms with Crippen molar-refractivity contribution in [2.45, 2.75) is 82.1 Å². The molecule has 0 radical (unpaired) electrons. The predicted molar refractivity (Wildman–Crippen MR) is 102 cm³/mol. The van der Waals surface area contributed by atoms with Gasteiger partial charge in [-0.25, -0.2) is 0 Å². The molecule has 5 saturated carbocycles. The van der Waals surface area contributed by atoms with Crippen LogP contribution in [0.5, 0.6) is 0 Å². The first kappa shape index (κ1) is 16.2. The molecule has 24 heavy (non-hydrogen) atoms. The third kappa shape index (κ3) is 0.970. The molecule has 10 atom stereocenters. The zero-order valence-electron chi connectivity index (χ0n) is 17.9. The Morgan fingerprint density at radius 3 is 1.83 bits per heavy atom. The average molecular weight is 329 g/mol. The maximum absolute atomic E-state index is 2.73. The van der Waals surface area contributed by atoms with E-state index in [0.717, 1.165) is 35.5 Å². The fourth-order valence-electron chi connectivity index (χ4n) is 11.9. The van der Waals surface area contributed by atoms with Crippen molar-refractivity contribution in [3.8, 4) is 0 Å². The molecule has 136 valence electrons. The van der Waals surface area contributed by atoms with Crippen LogP contribution in [-0.2, 0) is 0 Å². The Balaban J connectivity index is 1.88. The number of fused-ring (bicyclic) bond motifs is 1. The van der Waals surface area contributed by atoms with Crippen molar-refractivity contribution in [2.24, 2.45) is 68.0 Å². The van der Waals surface area contributed by atoms with Crippen LogP contribution in [0.1, 0.15) is 82.1 Å². The van der Waals surface area contributed by atoms with Crippen LogP contribution in [0.3, 0.4) is 0 Å². The number of hydrogen-bond donors (Lipinski definition) is 0. The molecular formula is C24H40. The summed E-state index contributed by atoms with van der Waals surface area (Å²) in [5.74, 6) is 5.71. The lowest BCUT2D eigenvalue weighted by molar-refractivity contribution is -0.417. The number of hydrogen-bond acceptors (Lipinski definition) is 0. The first-order valence-electron chi connectivity index (χ1n) is 10.8.